The first-order valence-electron chi connectivity index (χ1n) is 9.12. The highest BCUT2D eigenvalue weighted by Crippen LogP contribution is 2.27. The van der Waals surface area contributed by atoms with Crippen LogP contribution in [0.5, 0.6) is 0 Å². The van der Waals surface area contributed by atoms with Gasteiger partial charge in [-0.05, 0) is 35.9 Å². The summed E-state index contributed by atoms with van der Waals surface area (Å²) in [6.07, 6.45) is 0.228. The van der Waals surface area contributed by atoms with Gasteiger partial charge in [0.15, 0.2) is 0 Å². The maximum atomic E-state index is 13.2. The van der Waals surface area contributed by atoms with E-state index in [1.54, 1.807) is 42.5 Å². The first-order chi connectivity index (χ1) is 14.0. The van der Waals surface area contributed by atoms with Crippen molar-refractivity contribution in [2.45, 2.75) is 12.5 Å². The topological polar surface area (TPSA) is 66.5 Å². The molecule has 0 saturated heterocycles. The van der Waals surface area contributed by atoms with Crippen LogP contribution in [0.1, 0.15) is 26.3 Å². The number of imide groups is 1. The van der Waals surface area contributed by atoms with Crippen molar-refractivity contribution in [3.8, 4) is 0 Å². The van der Waals surface area contributed by atoms with Crippen LogP contribution in [0.15, 0.2) is 83.3 Å². The summed E-state index contributed by atoms with van der Waals surface area (Å²) in [7, 11) is 0. The average Bonchev–Trinajstić information content (AvgIpc) is 2.98. The molecule has 1 unspecified atom stereocenters. The fourth-order valence-electron chi connectivity index (χ4n) is 3.42. The number of benzene rings is 3. The predicted octanol–water partition coefficient (Wildman–Crippen LogP) is 4.30. The summed E-state index contributed by atoms with van der Waals surface area (Å²) in [6.45, 7) is 0. The number of carbonyl (C=O) groups is 3. The number of anilines is 1. The minimum atomic E-state index is -0.969. The molecule has 3 aromatic rings. The molecule has 3 amide bonds. The Morgan fingerprint density at radius 2 is 1.48 bits per heavy atom. The molecule has 6 heteroatoms. The van der Waals surface area contributed by atoms with Gasteiger partial charge in [0.1, 0.15) is 6.04 Å². The minimum absolute atomic E-state index is 0.228. The Labute approximate surface area is 176 Å². The molecule has 0 spiro atoms. The molecule has 1 aliphatic rings. The molecule has 3 aromatic carbocycles. The first kappa shape index (κ1) is 19.1. The highest BCUT2D eigenvalue weighted by Gasteiger charge is 2.42. The largest absolute Gasteiger partial charge is 0.324 e. The summed E-state index contributed by atoms with van der Waals surface area (Å²) in [6, 6.07) is 22.2. The van der Waals surface area contributed by atoms with Gasteiger partial charge in [0.2, 0.25) is 5.91 Å². The maximum absolute atomic E-state index is 13.2. The molecule has 1 aliphatic heterocycles. The lowest BCUT2D eigenvalue weighted by atomic mass is 10.0. The van der Waals surface area contributed by atoms with Crippen molar-refractivity contribution in [2.24, 2.45) is 0 Å². The van der Waals surface area contributed by atoms with Gasteiger partial charge in [-0.15, -0.1) is 0 Å². The Bertz CT molecular complexity index is 1060. The lowest BCUT2D eigenvalue weighted by Gasteiger charge is -2.25. The van der Waals surface area contributed by atoms with Crippen molar-refractivity contribution in [3.63, 3.8) is 0 Å². The first-order valence-corrected chi connectivity index (χ1v) is 9.91. The van der Waals surface area contributed by atoms with E-state index in [0.717, 1.165) is 14.9 Å². The molecule has 0 fully saturated rings. The molecule has 144 valence electrons. The third-order valence-corrected chi connectivity index (χ3v) is 5.30. The lowest BCUT2D eigenvalue weighted by Crippen LogP contribution is -2.48. The molecule has 0 saturated carbocycles. The number of amides is 3. The van der Waals surface area contributed by atoms with Crippen molar-refractivity contribution in [3.05, 3.63) is 100 Å². The Morgan fingerprint density at radius 3 is 2.10 bits per heavy atom. The van der Waals surface area contributed by atoms with Crippen molar-refractivity contribution < 1.29 is 14.4 Å². The number of carbonyl (C=O) groups excluding carboxylic acids is 3. The van der Waals surface area contributed by atoms with Crippen LogP contribution in [0.3, 0.4) is 0 Å². The molecule has 4 rings (SSSR count). The van der Waals surface area contributed by atoms with Crippen molar-refractivity contribution in [2.75, 3.05) is 5.32 Å². The molecule has 0 bridgehead atoms. The number of halogens is 1. The molecule has 1 N–H and O–H groups in total. The minimum Gasteiger partial charge on any atom is -0.324 e. The van der Waals surface area contributed by atoms with Crippen LogP contribution in [-0.4, -0.2) is 28.7 Å². The molecule has 0 aromatic heterocycles. The second-order valence-electron chi connectivity index (χ2n) is 6.73. The van der Waals surface area contributed by atoms with Gasteiger partial charge in [0.05, 0.1) is 11.1 Å². The number of nitrogens with one attached hydrogen (secondary N) is 1. The van der Waals surface area contributed by atoms with Gasteiger partial charge in [0, 0.05) is 16.6 Å². The quantitative estimate of drug-likeness (QED) is 0.591. The van der Waals surface area contributed by atoms with Crippen LogP contribution < -0.4 is 5.32 Å². The fraction of sp³-hybridized carbons (Fsp3) is 0.0870. The number of hydrogen-bond donors (Lipinski definition) is 1. The summed E-state index contributed by atoms with van der Waals surface area (Å²) in [5.74, 6) is -1.31. The van der Waals surface area contributed by atoms with E-state index >= 15 is 0 Å². The van der Waals surface area contributed by atoms with Crippen LogP contribution in [0.2, 0.25) is 0 Å². The third-order valence-electron chi connectivity index (χ3n) is 4.80. The van der Waals surface area contributed by atoms with E-state index in [9.17, 15) is 14.4 Å². The Balaban J connectivity index is 1.68. The predicted molar refractivity (Wildman–Crippen MR) is 114 cm³/mol. The molecule has 0 aliphatic carbocycles. The fourth-order valence-corrected chi connectivity index (χ4v) is 3.82. The van der Waals surface area contributed by atoms with Crippen molar-refractivity contribution >= 4 is 39.3 Å². The molecular formula is C23H17BrN2O3. The second-order valence-corrected chi connectivity index (χ2v) is 7.65. The van der Waals surface area contributed by atoms with Crippen LogP contribution in [0.25, 0.3) is 0 Å². The van der Waals surface area contributed by atoms with Gasteiger partial charge < -0.3 is 5.32 Å². The van der Waals surface area contributed by atoms with Gasteiger partial charge >= 0.3 is 0 Å². The van der Waals surface area contributed by atoms with Crippen molar-refractivity contribution in [1.82, 2.24) is 4.90 Å². The standard InChI is InChI=1S/C23H17BrN2O3/c24-16-9-6-10-17(14-16)25-21(27)20(13-15-7-2-1-3-8-15)26-22(28)18-11-4-5-12-19(18)23(26)29/h1-12,14,20H,13H2,(H,25,27). The third kappa shape index (κ3) is 3.84. The van der Waals surface area contributed by atoms with E-state index in [1.807, 2.05) is 36.4 Å². The van der Waals surface area contributed by atoms with E-state index in [-0.39, 0.29) is 6.42 Å². The van der Waals surface area contributed by atoms with Crippen molar-refractivity contribution in [1.29, 1.82) is 0 Å². The SMILES string of the molecule is O=C(Nc1cccc(Br)c1)C(Cc1ccccc1)N1C(=O)c2ccccc2C1=O. The molecule has 1 atom stereocenters. The average molecular weight is 449 g/mol. The zero-order valence-electron chi connectivity index (χ0n) is 15.3. The van der Waals surface area contributed by atoms with E-state index < -0.39 is 23.8 Å². The van der Waals surface area contributed by atoms with Gasteiger partial charge in [0.25, 0.3) is 11.8 Å². The highest BCUT2D eigenvalue weighted by molar-refractivity contribution is 9.10. The summed E-state index contributed by atoms with van der Waals surface area (Å²) < 4.78 is 0.815. The second kappa shape index (κ2) is 8.01. The number of hydrogen-bond acceptors (Lipinski definition) is 3. The molecule has 1 heterocycles. The van der Waals surface area contributed by atoms with Gasteiger partial charge in [-0.25, -0.2) is 0 Å². The Kier molecular flexibility index (Phi) is 5.27. The molecular weight excluding hydrogens is 432 g/mol. The zero-order valence-corrected chi connectivity index (χ0v) is 16.9. The zero-order chi connectivity index (χ0) is 20.4. The smallest absolute Gasteiger partial charge is 0.262 e. The summed E-state index contributed by atoms with van der Waals surface area (Å²) in [5.41, 5.74) is 2.09. The van der Waals surface area contributed by atoms with Crippen LogP contribution in [0, 0.1) is 0 Å². The van der Waals surface area contributed by atoms with Crippen LogP contribution in [0.4, 0.5) is 5.69 Å². The molecule has 29 heavy (non-hydrogen) atoms. The summed E-state index contributed by atoms with van der Waals surface area (Å²) in [5, 5.41) is 2.83. The Morgan fingerprint density at radius 1 is 0.862 bits per heavy atom. The van der Waals surface area contributed by atoms with E-state index in [2.05, 4.69) is 21.2 Å². The van der Waals surface area contributed by atoms with Gasteiger partial charge in [-0.1, -0.05) is 64.5 Å². The molecule has 0 radical (unpaired) electrons. The van der Waals surface area contributed by atoms with Crippen LogP contribution >= 0.6 is 15.9 Å². The highest BCUT2D eigenvalue weighted by atomic mass is 79.9. The normalized spacial score (nSPS) is 13.9. The molecule has 5 nitrogen and oxygen atoms in total. The summed E-state index contributed by atoms with van der Waals surface area (Å²) in [4.78, 5) is 40.2. The van der Waals surface area contributed by atoms with E-state index in [1.165, 1.54) is 0 Å². The van der Waals surface area contributed by atoms with Gasteiger partial charge in [-0.2, -0.15) is 0 Å². The number of nitrogens with zero attached hydrogens (tertiary/aromatic N) is 1. The lowest BCUT2D eigenvalue weighted by molar-refractivity contribution is -0.119. The van der Waals surface area contributed by atoms with E-state index in [4.69, 9.17) is 0 Å². The number of fused-ring (bicyclic) bond motifs is 1. The van der Waals surface area contributed by atoms with Crippen LogP contribution in [-0.2, 0) is 11.2 Å². The van der Waals surface area contributed by atoms with Gasteiger partial charge in [-0.3, -0.25) is 19.3 Å². The Hall–Kier alpha value is -3.25. The summed E-state index contributed by atoms with van der Waals surface area (Å²) >= 11 is 3.38. The number of rotatable bonds is 5. The monoisotopic (exact) mass is 448 g/mol. The van der Waals surface area contributed by atoms with E-state index in [0.29, 0.717) is 16.8 Å². The maximum Gasteiger partial charge on any atom is 0.262 e.